The molecular formula is C11H9F3N4O. The number of hydrogen-bond donors (Lipinski definition) is 2. The van der Waals surface area contributed by atoms with Gasteiger partial charge in [0.05, 0.1) is 17.4 Å². The van der Waals surface area contributed by atoms with Crippen LogP contribution in [0.15, 0.2) is 30.5 Å². The molecule has 5 nitrogen and oxygen atoms in total. The molecule has 2 aromatic rings. The summed E-state index contributed by atoms with van der Waals surface area (Å²) in [6.07, 6.45) is -3.95. The van der Waals surface area contributed by atoms with E-state index in [-0.39, 0.29) is 5.69 Å². The maximum Gasteiger partial charge on any atom is 0.434 e. The molecule has 0 atom stereocenters. The summed E-state index contributed by atoms with van der Waals surface area (Å²) in [6, 6.07) is 5.59. The smallest absolute Gasteiger partial charge is 0.399 e. The molecule has 2 rings (SSSR count). The van der Waals surface area contributed by atoms with E-state index in [0.29, 0.717) is 10.4 Å². The van der Waals surface area contributed by atoms with E-state index in [1.54, 1.807) is 0 Å². The number of nitrogen functional groups attached to an aromatic ring is 1. The number of alkyl halides is 3. The topological polar surface area (TPSA) is 86.9 Å². The largest absolute Gasteiger partial charge is 0.434 e. The zero-order chi connectivity index (χ0) is 14.2. The Morgan fingerprint density at radius 1 is 1.21 bits per heavy atom. The number of rotatable bonds is 2. The lowest BCUT2D eigenvalue weighted by Crippen LogP contribution is -2.20. The summed E-state index contributed by atoms with van der Waals surface area (Å²) < 4.78 is 39.5. The van der Waals surface area contributed by atoms with Crippen molar-refractivity contribution in [2.75, 3.05) is 5.73 Å². The van der Waals surface area contributed by atoms with E-state index < -0.39 is 23.3 Å². The Bertz CT molecular complexity index is 616. The second-order valence-corrected chi connectivity index (χ2v) is 3.77. The van der Waals surface area contributed by atoms with E-state index >= 15 is 0 Å². The number of nitrogens with zero attached hydrogens (tertiary/aromatic N) is 2. The second-order valence-electron chi connectivity index (χ2n) is 3.77. The first-order valence-corrected chi connectivity index (χ1v) is 5.11. The standard InChI is InChI=1S/C11H9F3N4O/c12-11(13,14)9-8(10(16)19)5-17-18(9)7-3-1-6(15)2-4-7/h1-5H,15H2,(H2,16,19). The Morgan fingerprint density at radius 3 is 2.26 bits per heavy atom. The number of aromatic nitrogens is 2. The molecule has 0 fully saturated rings. The highest BCUT2D eigenvalue weighted by Crippen LogP contribution is 2.33. The Labute approximate surface area is 105 Å². The first-order valence-electron chi connectivity index (χ1n) is 5.11. The van der Waals surface area contributed by atoms with Gasteiger partial charge in [0, 0.05) is 5.69 Å². The zero-order valence-corrected chi connectivity index (χ0v) is 9.48. The molecular weight excluding hydrogens is 261 g/mol. The van der Waals surface area contributed by atoms with Crippen LogP contribution in [-0.4, -0.2) is 15.7 Å². The highest BCUT2D eigenvalue weighted by Gasteiger charge is 2.40. The quantitative estimate of drug-likeness (QED) is 0.812. The van der Waals surface area contributed by atoms with E-state index in [2.05, 4.69) is 5.10 Å². The Kier molecular flexibility index (Phi) is 2.93. The van der Waals surface area contributed by atoms with Crippen LogP contribution in [0.3, 0.4) is 0 Å². The van der Waals surface area contributed by atoms with Crippen molar-refractivity contribution in [3.8, 4) is 5.69 Å². The van der Waals surface area contributed by atoms with Crippen LogP contribution in [0.25, 0.3) is 5.69 Å². The van der Waals surface area contributed by atoms with Gasteiger partial charge in [0.15, 0.2) is 5.69 Å². The van der Waals surface area contributed by atoms with Crippen LogP contribution in [0.2, 0.25) is 0 Å². The summed E-state index contributed by atoms with van der Waals surface area (Å²) in [7, 11) is 0. The SMILES string of the molecule is NC(=O)c1cnn(-c2ccc(N)cc2)c1C(F)(F)F. The van der Waals surface area contributed by atoms with Crippen molar-refractivity contribution in [2.24, 2.45) is 5.73 Å². The molecule has 19 heavy (non-hydrogen) atoms. The number of carbonyl (C=O) groups excluding carboxylic acids is 1. The molecule has 0 saturated carbocycles. The van der Waals surface area contributed by atoms with Gasteiger partial charge in [-0.05, 0) is 24.3 Å². The number of amides is 1. The third-order valence-corrected chi connectivity index (χ3v) is 2.44. The number of carbonyl (C=O) groups is 1. The Balaban J connectivity index is 2.64. The summed E-state index contributed by atoms with van der Waals surface area (Å²) >= 11 is 0. The van der Waals surface area contributed by atoms with Crippen LogP contribution in [0, 0.1) is 0 Å². The predicted molar refractivity (Wildman–Crippen MR) is 61.5 cm³/mol. The van der Waals surface area contributed by atoms with Crippen LogP contribution in [-0.2, 0) is 6.18 Å². The van der Waals surface area contributed by atoms with Gasteiger partial charge in [0.2, 0.25) is 0 Å². The molecule has 1 aromatic heterocycles. The summed E-state index contributed by atoms with van der Waals surface area (Å²) in [6.45, 7) is 0. The molecule has 100 valence electrons. The van der Waals surface area contributed by atoms with Crippen molar-refractivity contribution in [2.45, 2.75) is 6.18 Å². The average Bonchev–Trinajstić information content (AvgIpc) is 2.74. The Hall–Kier alpha value is -2.51. The average molecular weight is 270 g/mol. The van der Waals surface area contributed by atoms with E-state index in [1.165, 1.54) is 24.3 Å². The van der Waals surface area contributed by atoms with Gasteiger partial charge < -0.3 is 11.5 Å². The minimum Gasteiger partial charge on any atom is -0.399 e. The van der Waals surface area contributed by atoms with Gasteiger partial charge in [-0.3, -0.25) is 4.79 Å². The maximum atomic E-state index is 13.0. The summed E-state index contributed by atoms with van der Waals surface area (Å²) in [5.74, 6) is -1.19. The fourth-order valence-electron chi connectivity index (χ4n) is 1.61. The molecule has 1 aromatic carbocycles. The van der Waals surface area contributed by atoms with Crippen molar-refractivity contribution < 1.29 is 18.0 Å². The fourth-order valence-corrected chi connectivity index (χ4v) is 1.61. The Morgan fingerprint density at radius 2 is 1.79 bits per heavy atom. The molecule has 1 heterocycles. The molecule has 0 aliphatic heterocycles. The zero-order valence-electron chi connectivity index (χ0n) is 9.48. The van der Waals surface area contributed by atoms with E-state index in [9.17, 15) is 18.0 Å². The van der Waals surface area contributed by atoms with Gasteiger partial charge in [0.1, 0.15) is 0 Å². The first kappa shape index (κ1) is 12.9. The minimum absolute atomic E-state index is 0.133. The van der Waals surface area contributed by atoms with Crippen LogP contribution in [0.1, 0.15) is 16.1 Å². The normalized spacial score (nSPS) is 11.5. The van der Waals surface area contributed by atoms with E-state index in [4.69, 9.17) is 11.5 Å². The highest BCUT2D eigenvalue weighted by molar-refractivity contribution is 5.94. The molecule has 4 N–H and O–H groups in total. The third-order valence-electron chi connectivity index (χ3n) is 2.44. The van der Waals surface area contributed by atoms with Gasteiger partial charge in [-0.15, -0.1) is 0 Å². The monoisotopic (exact) mass is 270 g/mol. The third kappa shape index (κ3) is 2.37. The predicted octanol–water partition coefficient (Wildman–Crippen LogP) is 1.57. The lowest BCUT2D eigenvalue weighted by atomic mass is 10.2. The van der Waals surface area contributed by atoms with Gasteiger partial charge in [-0.1, -0.05) is 0 Å². The number of hydrogen-bond acceptors (Lipinski definition) is 3. The summed E-state index contributed by atoms with van der Waals surface area (Å²) in [5, 5.41) is 3.56. The van der Waals surface area contributed by atoms with Crippen molar-refractivity contribution in [1.29, 1.82) is 0 Å². The van der Waals surface area contributed by atoms with Gasteiger partial charge in [0.25, 0.3) is 5.91 Å². The van der Waals surface area contributed by atoms with Crippen molar-refractivity contribution in [3.63, 3.8) is 0 Å². The van der Waals surface area contributed by atoms with Crippen LogP contribution < -0.4 is 11.5 Å². The molecule has 0 bridgehead atoms. The molecule has 8 heteroatoms. The second kappa shape index (κ2) is 4.30. The molecule has 0 radical (unpaired) electrons. The van der Waals surface area contributed by atoms with Crippen LogP contribution >= 0.6 is 0 Å². The molecule has 0 aliphatic rings. The number of nitrogens with two attached hydrogens (primary N) is 2. The fraction of sp³-hybridized carbons (Fsp3) is 0.0909. The number of benzene rings is 1. The number of halogens is 3. The highest BCUT2D eigenvalue weighted by atomic mass is 19.4. The van der Waals surface area contributed by atoms with Gasteiger partial charge in [-0.2, -0.15) is 18.3 Å². The van der Waals surface area contributed by atoms with Crippen molar-refractivity contribution >= 4 is 11.6 Å². The first-order chi connectivity index (χ1) is 8.80. The lowest BCUT2D eigenvalue weighted by Gasteiger charge is -2.11. The van der Waals surface area contributed by atoms with E-state index in [1.807, 2.05) is 0 Å². The molecule has 0 aliphatic carbocycles. The summed E-state index contributed by atoms with van der Waals surface area (Å²) in [5.41, 5.74) is 9.03. The maximum absolute atomic E-state index is 13.0. The molecule has 0 spiro atoms. The van der Waals surface area contributed by atoms with E-state index in [0.717, 1.165) is 6.20 Å². The van der Waals surface area contributed by atoms with Crippen LogP contribution in [0.5, 0.6) is 0 Å². The molecule has 1 amide bonds. The van der Waals surface area contributed by atoms with Crippen LogP contribution in [0.4, 0.5) is 18.9 Å². The number of anilines is 1. The van der Waals surface area contributed by atoms with Gasteiger partial charge >= 0.3 is 6.18 Å². The molecule has 0 unspecified atom stereocenters. The lowest BCUT2D eigenvalue weighted by molar-refractivity contribution is -0.143. The van der Waals surface area contributed by atoms with Gasteiger partial charge in [-0.25, -0.2) is 4.68 Å². The number of primary amides is 1. The summed E-state index contributed by atoms with van der Waals surface area (Å²) in [4.78, 5) is 11.0. The van der Waals surface area contributed by atoms with Crippen molar-refractivity contribution in [1.82, 2.24) is 9.78 Å². The minimum atomic E-state index is -4.75. The van der Waals surface area contributed by atoms with Crippen molar-refractivity contribution in [3.05, 3.63) is 41.7 Å². The molecule has 0 saturated heterocycles.